The van der Waals surface area contributed by atoms with Crippen LogP contribution in [0.4, 0.5) is 13.6 Å². The Morgan fingerprint density at radius 3 is 2.65 bits per heavy atom. The Hall–Kier alpha value is -3.27. The van der Waals surface area contributed by atoms with Crippen LogP contribution in [0.25, 0.3) is 0 Å². The lowest BCUT2D eigenvalue weighted by Gasteiger charge is -2.19. The van der Waals surface area contributed by atoms with Gasteiger partial charge in [0, 0.05) is 42.2 Å². The van der Waals surface area contributed by atoms with Gasteiger partial charge < -0.3 is 15.5 Å². The summed E-state index contributed by atoms with van der Waals surface area (Å²) in [4.78, 5) is 48.9. The summed E-state index contributed by atoms with van der Waals surface area (Å²) in [6.07, 6.45) is 0.497. The first kappa shape index (κ1) is 25.4. The van der Waals surface area contributed by atoms with Gasteiger partial charge in [0.1, 0.15) is 0 Å². The summed E-state index contributed by atoms with van der Waals surface area (Å²) in [5, 5.41) is 4.59. The largest absolute Gasteiger partial charge is 0.350 e. The molecule has 0 fully saturated rings. The zero-order chi connectivity index (χ0) is 25.0. The normalized spacial score (nSPS) is 12.9. The molecule has 0 bridgehead atoms. The number of fused-ring (bicyclic) bond motifs is 1. The highest BCUT2D eigenvalue weighted by atomic mass is 35.5. The van der Waals surface area contributed by atoms with Crippen LogP contribution in [0.5, 0.6) is 0 Å². The minimum atomic E-state index is -3.76. The van der Waals surface area contributed by atoms with Crippen molar-refractivity contribution >= 4 is 43.0 Å². The summed E-state index contributed by atoms with van der Waals surface area (Å²) in [6.45, 7) is 1.93. The van der Waals surface area contributed by atoms with Gasteiger partial charge in [-0.3, -0.25) is 19.2 Å². The minimum Gasteiger partial charge on any atom is -0.346 e. The second-order valence-electron chi connectivity index (χ2n) is 8.10. The van der Waals surface area contributed by atoms with E-state index < -0.39 is 29.1 Å². The molecule has 0 radical (unpaired) electrons. The van der Waals surface area contributed by atoms with Crippen molar-refractivity contribution in [2.75, 3.05) is 6.54 Å². The molecule has 4 amide bonds. The Morgan fingerprint density at radius 1 is 1.21 bits per heavy atom. The minimum absolute atomic E-state index is 0.108. The lowest BCUT2D eigenvalue weighted by atomic mass is 10.0. The summed E-state index contributed by atoms with van der Waals surface area (Å²) < 4.78 is 29.4. The van der Waals surface area contributed by atoms with E-state index >= 15 is 0 Å². The van der Waals surface area contributed by atoms with Gasteiger partial charge >= 0.3 is 5.92 Å². The fourth-order valence-electron chi connectivity index (χ4n) is 3.78. The monoisotopic (exact) mass is 489 g/mol. The SMILES string of the molecule is BC(=O)NC(=O)CCCN1Cc2cc(CNC(=O)C(F)(F)c3cccc(Cl)c3C)ccc2C1=O. The highest BCUT2D eigenvalue weighted by Gasteiger charge is 2.42. The zero-order valence-electron chi connectivity index (χ0n) is 18.7. The zero-order valence-corrected chi connectivity index (χ0v) is 19.5. The predicted octanol–water partition coefficient (Wildman–Crippen LogP) is 2.66. The molecule has 1 aliphatic heterocycles. The van der Waals surface area contributed by atoms with Crippen LogP contribution in [0.3, 0.4) is 0 Å². The molecule has 0 saturated carbocycles. The van der Waals surface area contributed by atoms with Crippen LogP contribution in [0.15, 0.2) is 36.4 Å². The standard InChI is InChI=1S/C23H23BClF2N3O4/c1-13-17(4-2-5-18(13)25)23(26,27)21(33)28-11-14-7-8-16-15(10-14)12-30(20(16)32)9-3-6-19(31)29-22(24)34/h2,4-5,7-8,10H,3,6,9,11-12,24H2,1H3,(H,28,33)(H,29,31,34). The van der Waals surface area contributed by atoms with Crippen LogP contribution in [-0.4, -0.2) is 42.8 Å². The van der Waals surface area contributed by atoms with Crippen molar-refractivity contribution in [2.24, 2.45) is 0 Å². The third-order valence-electron chi connectivity index (χ3n) is 5.54. The van der Waals surface area contributed by atoms with Gasteiger partial charge in [-0.1, -0.05) is 35.9 Å². The average Bonchev–Trinajstić information content (AvgIpc) is 3.08. The van der Waals surface area contributed by atoms with Crippen molar-refractivity contribution in [3.63, 3.8) is 0 Å². The number of imide groups is 1. The quantitative estimate of drug-likeness (QED) is 0.557. The number of benzene rings is 2. The third kappa shape index (κ3) is 5.62. The second kappa shape index (κ2) is 10.3. The van der Waals surface area contributed by atoms with E-state index in [-0.39, 0.29) is 29.5 Å². The first-order valence-electron chi connectivity index (χ1n) is 10.6. The molecule has 7 nitrogen and oxygen atoms in total. The highest BCUT2D eigenvalue weighted by Crippen LogP contribution is 2.33. The van der Waals surface area contributed by atoms with E-state index in [1.807, 2.05) is 0 Å². The summed E-state index contributed by atoms with van der Waals surface area (Å²) in [5.41, 5.74) is 1.45. The van der Waals surface area contributed by atoms with Gasteiger partial charge in [-0.15, -0.1) is 0 Å². The Labute approximate surface area is 201 Å². The van der Waals surface area contributed by atoms with Crippen molar-refractivity contribution in [3.05, 3.63) is 69.2 Å². The molecule has 11 heteroatoms. The van der Waals surface area contributed by atoms with Crippen molar-refractivity contribution in [2.45, 2.75) is 38.8 Å². The van der Waals surface area contributed by atoms with Crippen LogP contribution in [0.2, 0.25) is 5.02 Å². The Morgan fingerprint density at radius 2 is 1.94 bits per heavy atom. The molecule has 2 aromatic carbocycles. The number of amides is 4. The first-order valence-corrected chi connectivity index (χ1v) is 11.0. The van der Waals surface area contributed by atoms with E-state index in [0.717, 1.165) is 0 Å². The molecular weight excluding hydrogens is 467 g/mol. The maximum absolute atomic E-state index is 14.7. The van der Waals surface area contributed by atoms with Gasteiger partial charge in [0.25, 0.3) is 11.8 Å². The van der Waals surface area contributed by atoms with Crippen molar-refractivity contribution < 1.29 is 28.0 Å². The second-order valence-corrected chi connectivity index (χ2v) is 8.50. The lowest BCUT2D eigenvalue weighted by Crippen LogP contribution is -2.38. The third-order valence-corrected chi connectivity index (χ3v) is 5.95. The molecule has 178 valence electrons. The maximum atomic E-state index is 14.7. The van der Waals surface area contributed by atoms with Gasteiger partial charge in [0.15, 0.2) is 5.81 Å². The average molecular weight is 490 g/mol. The smallest absolute Gasteiger partial charge is 0.346 e. The van der Waals surface area contributed by atoms with E-state index in [1.54, 1.807) is 23.1 Å². The van der Waals surface area contributed by atoms with Crippen LogP contribution < -0.4 is 10.6 Å². The van der Waals surface area contributed by atoms with E-state index in [2.05, 4.69) is 10.6 Å². The number of hydrogen-bond acceptors (Lipinski definition) is 4. The van der Waals surface area contributed by atoms with Crippen LogP contribution in [-0.2, 0) is 28.6 Å². The molecule has 0 unspecified atom stereocenters. The molecule has 3 rings (SSSR count). The molecule has 1 aliphatic rings. The van der Waals surface area contributed by atoms with Crippen molar-refractivity contribution in [1.82, 2.24) is 15.5 Å². The van der Waals surface area contributed by atoms with E-state index in [1.165, 1.54) is 33.0 Å². The van der Waals surface area contributed by atoms with Crippen molar-refractivity contribution in [1.29, 1.82) is 0 Å². The predicted molar refractivity (Wildman–Crippen MR) is 124 cm³/mol. The summed E-state index contributed by atoms with van der Waals surface area (Å²) in [5.74, 6) is -6.23. The van der Waals surface area contributed by atoms with Crippen LogP contribution in [0.1, 0.15) is 45.5 Å². The van der Waals surface area contributed by atoms with E-state index in [9.17, 15) is 28.0 Å². The molecule has 0 spiro atoms. The Bertz CT molecular complexity index is 1160. The molecule has 34 heavy (non-hydrogen) atoms. The van der Waals surface area contributed by atoms with E-state index in [0.29, 0.717) is 36.2 Å². The van der Waals surface area contributed by atoms with Gasteiger partial charge in [0.2, 0.25) is 13.8 Å². The van der Waals surface area contributed by atoms with Gasteiger partial charge in [-0.25, -0.2) is 0 Å². The van der Waals surface area contributed by atoms with Crippen molar-refractivity contribution in [3.8, 4) is 0 Å². The molecule has 0 aliphatic carbocycles. The summed E-state index contributed by atoms with van der Waals surface area (Å²) >= 11 is 5.91. The molecule has 2 aromatic rings. The number of halogens is 3. The molecular formula is C23H23BClF2N3O4. The molecule has 0 atom stereocenters. The maximum Gasteiger partial charge on any atom is 0.350 e. The Kier molecular flexibility index (Phi) is 7.71. The number of hydrogen-bond donors (Lipinski definition) is 2. The molecule has 0 aromatic heterocycles. The van der Waals surface area contributed by atoms with Gasteiger partial charge in [-0.2, -0.15) is 8.78 Å². The fourth-order valence-corrected chi connectivity index (χ4v) is 3.95. The first-order chi connectivity index (χ1) is 16.0. The highest BCUT2D eigenvalue weighted by molar-refractivity contribution is 6.58. The van der Waals surface area contributed by atoms with Crippen LogP contribution in [0, 0.1) is 6.92 Å². The Balaban J connectivity index is 1.59. The topological polar surface area (TPSA) is 95.6 Å². The number of carbonyl (C=O) groups is 4. The van der Waals surface area contributed by atoms with Gasteiger partial charge in [0.05, 0.1) is 0 Å². The number of nitrogens with zero attached hydrogens (tertiary/aromatic N) is 1. The molecule has 2 N–H and O–H groups in total. The lowest BCUT2D eigenvalue weighted by molar-refractivity contribution is -0.147. The fraction of sp³-hybridized carbons (Fsp3) is 0.304. The number of rotatable bonds is 8. The molecule has 0 saturated heterocycles. The van der Waals surface area contributed by atoms with E-state index in [4.69, 9.17) is 11.6 Å². The summed E-state index contributed by atoms with van der Waals surface area (Å²) in [6, 6.07) is 8.90. The number of nitrogens with one attached hydrogen (secondary N) is 2. The van der Waals surface area contributed by atoms with Crippen LogP contribution >= 0.6 is 11.6 Å². The summed E-state index contributed by atoms with van der Waals surface area (Å²) in [7, 11) is 1.25. The van der Waals surface area contributed by atoms with Gasteiger partial charge in [-0.05, 0) is 42.2 Å². The molecule has 1 heterocycles. The number of carbonyl (C=O) groups excluding carboxylic acids is 4. The number of alkyl halides is 2.